The zero-order valence-electron chi connectivity index (χ0n) is 25.2. The molecule has 1 heterocycles. The summed E-state index contributed by atoms with van der Waals surface area (Å²) in [6.07, 6.45) is 2.90. The standard InChI is InChI=1S/C32H47N3O5.ClH/c1-21(2)23(17-22-11-13-24(14-12-22)40-16-15-30(38-5)39-6)18-27(33)29(36)20-35-31(37)32(3,4)26-19-34-28-10-8-7-9-25(26)28;/h7-14,19,21,23,27,29-30,34,36H,15-18,20,33H2,1-6H3,(H,35,37);1H. The number of H-pyrrole nitrogens is 1. The van der Waals surface area contributed by atoms with Gasteiger partial charge in [-0.2, -0.15) is 0 Å². The Morgan fingerprint density at radius 2 is 1.73 bits per heavy atom. The van der Waals surface area contributed by atoms with E-state index in [2.05, 4.69) is 36.3 Å². The third kappa shape index (κ3) is 9.45. The second-order valence-corrected chi connectivity index (χ2v) is 11.4. The second-order valence-electron chi connectivity index (χ2n) is 11.4. The van der Waals surface area contributed by atoms with E-state index in [1.54, 1.807) is 14.2 Å². The maximum Gasteiger partial charge on any atom is 0.230 e. The van der Waals surface area contributed by atoms with Gasteiger partial charge in [0.15, 0.2) is 6.29 Å². The lowest BCUT2D eigenvalue weighted by Crippen LogP contribution is -2.48. The van der Waals surface area contributed by atoms with Crippen molar-refractivity contribution >= 4 is 29.2 Å². The molecule has 0 bridgehead atoms. The molecule has 2 aromatic carbocycles. The van der Waals surface area contributed by atoms with Gasteiger partial charge in [-0.1, -0.05) is 44.2 Å². The van der Waals surface area contributed by atoms with Gasteiger partial charge < -0.3 is 35.4 Å². The van der Waals surface area contributed by atoms with Crippen LogP contribution in [-0.2, 0) is 26.1 Å². The molecule has 3 unspecified atom stereocenters. The smallest absolute Gasteiger partial charge is 0.230 e. The number of nitrogens with two attached hydrogens (primary N) is 1. The fourth-order valence-corrected chi connectivity index (χ4v) is 5.01. The Morgan fingerprint density at radius 3 is 2.37 bits per heavy atom. The van der Waals surface area contributed by atoms with E-state index in [4.69, 9.17) is 19.9 Å². The predicted octanol–water partition coefficient (Wildman–Crippen LogP) is 4.96. The molecule has 3 atom stereocenters. The number of nitrogens with one attached hydrogen (secondary N) is 2. The Kier molecular flexibility index (Phi) is 13.6. The molecule has 0 fully saturated rings. The first kappa shape index (κ1) is 34.6. The number of hydrogen-bond donors (Lipinski definition) is 4. The maximum absolute atomic E-state index is 13.2. The molecule has 5 N–H and O–H groups in total. The third-order valence-electron chi connectivity index (χ3n) is 7.88. The minimum atomic E-state index is -0.845. The van der Waals surface area contributed by atoms with E-state index < -0.39 is 17.6 Å². The van der Waals surface area contributed by atoms with Crippen LogP contribution in [0.3, 0.4) is 0 Å². The van der Waals surface area contributed by atoms with Gasteiger partial charge in [0.2, 0.25) is 5.91 Å². The minimum Gasteiger partial charge on any atom is -0.493 e. The number of rotatable bonds is 16. The molecule has 3 aromatic rings. The van der Waals surface area contributed by atoms with Crippen LogP contribution in [0, 0.1) is 11.8 Å². The van der Waals surface area contributed by atoms with Gasteiger partial charge in [-0.15, -0.1) is 12.4 Å². The van der Waals surface area contributed by atoms with Crippen LogP contribution in [-0.4, -0.2) is 61.8 Å². The molecule has 0 aliphatic heterocycles. The van der Waals surface area contributed by atoms with Gasteiger partial charge in [-0.05, 0) is 67.9 Å². The number of benzene rings is 2. The third-order valence-corrected chi connectivity index (χ3v) is 7.88. The highest BCUT2D eigenvalue weighted by Crippen LogP contribution is 2.31. The molecular formula is C32H48ClN3O5. The molecule has 1 aromatic heterocycles. The lowest BCUT2D eigenvalue weighted by atomic mass is 9.82. The van der Waals surface area contributed by atoms with Gasteiger partial charge in [0, 0.05) is 50.3 Å². The maximum atomic E-state index is 13.2. The van der Waals surface area contributed by atoms with Crippen molar-refractivity contribution in [3.63, 3.8) is 0 Å². The van der Waals surface area contributed by atoms with Crippen LogP contribution in [0.1, 0.15) is 51.7 Å². The SMILES string of the molecule is COC(CCOc1ccc(CC(CC(N)C(O)CNC(=O)C(C)(C)c2c[nH]c3ccccc23)C(C)C)cc1)OC.Cl. The number of amides is 1. The largest absolute Gasteiger partial charge is 0.493 e. The average Bonchev–Trinajstić information content (AvgIpc) is 3.39. The van der Waals surface area contributed by atoms with Gasteiger partial charge in [0.05, 0.1) is 18.1 Å². The summed E-state index contributed by atoms with van der Waals surface area (Å²) < 4.78 is 16.2. The number of carbonyl (C=O) groups excluding carboxylic acids is 1. The van der Waals surface area contributed by atoms with Crippen molar-refractivity contribution in [2.75, 3.05) is 27.4 Å². The van der Waals surface area contributed by atoms with Crippen molar-refractivity contribution in [2.24, 2.45) is 17.6 Å². The number of ether oxygens (including phenoxy) is 3. The summed E-state index contributed by atoms with van der Waals surface area (Å²) in [6.45, 7) is 8.75. The van der Waals surface area contributed by atoms with Crippen LogP contribution in [0.15, 0.2) is 54.7 Å². The van der Waals surface area contributed by atoms with Crippen LogP contribution in [0.25, 0.3) is 10.9 Å². The zero-order valence-corrected chi connectivity index (χ0v) is 26.0. The summed E-state index contributed by atoms with van der Waals surface area (Å²) in [5, 5.41) is 14.8. The van der Waals surface area contributed by atoms with Crippen LogP contribution in [0.4, 0.5) is 0 Å². The van der Waals surface area contributed by atoms with E-state index in [1.165, 1.54) is 5.56 Å². The Hall–Kier alpha value is -2.62. The molecule has 0 saturated carbocycles. The highest BCUT2D eigenvalue weighted by Gasteiger charge is 2.33. The molecule has 3 rings (SSSR count). The molecule has 0 aliphatic carbocycles. The summed E-state index contributed by atoms with van der Waals surface area (Å²) >= 11 is 0. The van der Waals surface area contributed by atoms with Crippen molar-refractivity contribution in [1.82, 2.24) is 10.3 Å². The number of aliphatic hydroxyl groups excluding tert-OH is 1. The molecule has 9 heteroatoms. The van der Waals surface area contributed by atoms with Crippen LogP contribution < -0.4 is 15.8 Å². The van der Waals surface area contributed by atoms with Crippen LogP contribution in [0.2, 0.25) is 0 Å². The average molecular weight is 590 g/mol. The fourth-order valence-electron chi connectivity index (χ4n) is 5.01. The van der Waals surface area contributed by atoms with Crippen LogP contribution >= 0.6 is 12.4 Å². The van der Waals surface area contributed by atoms with E-state index in [0.717, 1.165) is 28.6 Å². The van der Waals surface area contributed by atoms with Crippen molar-refractivity contribution in [1.29, 1.82) is 0 Å². The number of carbonyl (C=O) groups is 1. The molecular weight excluding hydrogens is 542 g/mol. The van der Waals surface area contributed by atoms with Crippen molar-refractivity contribution in [3.8, 4) is 5.75 Å². The molecule has 0 aliphatic rings. The number of halogens is 1. The molecule has 0 radical (unpaired) electrons. The van der Waals surface area contributed by atoms with Crippen molar-refractivity contribution in [2.45, 2.75) is 70.8 Å². The highest BCUT2D eigenvalue weighted by atomic mass is 35.5. The monoisotopic (exact) mass is 589 g/mol. The summed E-state index contributed by atoms with van der Waals surface area (Å²) in [7, 11) is 3.23. The van der Waals surface area contributed by atoms with E-state index in [1.807, 2.05) is 56.4 Å². The lowest BCUT2D eigenvalue weighted by Gasteiger charge is -2.29. The van der Waals surface area contributed by atoms with Gasteiger partial charge >= 0.3 is 0 Å². The minimum absolute atomic E-state index is 0. The number of aliphatic hydroxyl groups is 1. The normalized spacial score (nSPS) is 14.1. The van der Waals surface area contributed by atoms with Gasteiger partial charge in [0.25, 0.3) is 0 Å². The first-order chi connectivity index (χ1) is 19.1. The molecule has 0 spiro atoms. The second kappa shape index (κ2) is 16.1. The van der Waals surface area contributed by atoms with Crippen molar-refractivity contribution < 1.29 is 24.1 Å². The Bertz CT molecular complexity index is 1190. The van der Waals surface area contributed by atoms with Crippen molar-refractivity contribution in [3.05, 3.63) is 65.9 Å². The zero-order chi connectivity index (χ0) is 29.3. The predicted molar refractivity (Wildman–Crippen MR) is 167 cm³/mol. The molecule has 41 heavy (non-hydrogen) atoms. The fraction of sp³-hybridized carbons (Fsp3) is 0.531. The Balaban J connectivity index is 0.00000588. The number of aromatic amines is 1. The number of aromatic nitrogens is 1. The van der Waals surface area contributed by atoms with E-state index >= 15 is 0 Å². The summed E-state index contributed by atoms with van der Waals surface area (Å²) in [5.74, 6) is 1.31. The number of methoxy groups -OCH3 is 2. The molecule has 228 valence electrons. The Morgan fingerprint density at radius 1 is 1.07 bits per heavy atom. The Labute approximate surface area is 250 Å². The van der Waals surface area contributed by atoms with Gasteiger partial charge in [-0.3, -0.25) is 4.79 Å². The highest BCUT2D eigenvalue weighted by molar-refractivity contribution is 5.94. The topological polar surface area (TPSA) is 119 Å². The molecule has 1 amide bonds. The number of fused-ring (bicyclic) bond motifs is 1. The summed E-state index contributed by atoms with van der Waals surface area (Å²) in [6, 6.07) is 15.6. The van der Waals surface area contributed by atoms with E-state index in [0.29, 0.717) is 25.4 Å². The number of hydrogen-bond acceptors (Lipinski definition) is 6. The first-order valence-corrected chi connectivity index (χ1v) is 14.1. The van der Waals surface area contributed by atoms with Gasteiger partial charge in [0.1, 0.15) is 5.75 Å². The van der Waals surface area contributed by atoms with Crippen LogP contribution in [0.5, 0.6) is 5.75 Å². The molecule has 0 saturated heterocycles. The number of para-hydroxylation sites is 1. The first-order valence-electron chi connectivity index (χ1n) is 14.1. The van der Waals surface area contributed by atoms with E-state index in [9.17, 15) is 9.90 Å². The quantitative estimate of drug-likeness (QED) is 0.175. The summed E-state index contributed by atoms with van der Waals surface area (Å²) in [5.41, 5.74) is 8.78. The van der Waals surface area contributed by atoms with E-state index in [-0.39, 0.29) is 37.1 Å². The van der Waals surface area contributed by atoms with Gasteiger partial charge in [-0.25, -0.2) is 0 Å². The summed E-state index contributed by atoms with van der Waals surface area (Å²) in [4.78, 5) is 16.4. The molecule has 8 nitrogen and oxygen atoms in total. The lowest BCUT2D eigenvalue weighted by molar-refractivity contribution is -0.126.